The summed E-state index contributed by atoms with van der Waals surface area (Å²) in [4.78, 5) is 4.41. The van der Waals surface area contributed by atoms with Crippen LogP contribution in [0.2, 0.25) is 0 Å². The van der Waals surface area contributed by atoms with Crippen molar-refractivity contribution < 1.29 is 4.74 Å². The molecule has 1 aliphatic rings. The smallest absolute Gasteiger partial charge is 0.244 e. The molecule has 7 heteroatoms. The van der Waals surface area contributed by atoms with Gasteiger partial charge < -0.3 is 15.4 Å². The van der Waals surface area contributed by atoms with Crippen molar-refractivity contribution in [2.24, 2.45) is 0 Å². The van der Waals surface area contributed by atoms with Crippen LogP contribution in [-0.2, 0) is 4.74 Å². The van der Waals surface area contributed by atoms with Crippen molar-refractivity contribution >= 4 is 33.4 Å². The van der Waals surface area contributed by atoms with Crippen molar-refractivity contribution in [3.63, 3.8) is 0 Å². The Labute approximate surface area is 137 Å². The van der Waals surface area contributed by atoms with Gasteiger partial charge in [-0.3, -0.25) is 0 Å². The second-order valence-corrected chi connectivity index (χ2v) is 6.12. The van der Waals surface area contributed by atoms with E-state index in [1.54, 1.807) is 6.20 Å². The number of benzene rings is 1. The minimum Gasteiger partial charge on any atom is -0.376 e. The first-order valence-corrected chi connectivity index (χ1v) is 8.08. The number of rotatable bonds is 5. The van der Waals surface area contributed by atoms with E-state index < -0.39 is 0 Å². The lowest BCUT2D eigenvalue weighted by atomic mass is 10.2. The van der Waals surface area contributed by atoms with Crippen LogP contribution in [0.5, 0.6) is 0 Å². The molecule has 1 aliphatic heterocycles. The van der Waals surface area contributed by atoms with Crippen molar-refractivity contribution in [3.8, 4) is 0 Å². The average molecular weight is 364 g/mol. The summed E-state index contributed by atoms with van der Waals surface area (Å²) < 4.78 is 6.62. The highest BCUT2D eigenvalue weighted by molar-refractivity contribution is 9.10. The lowest BCUT2D eigenvalue weighted by Crippen LogP contribution is -2.20. The minimum absolute atomic E-state index is 0.244. The summed E-state index contributed by atoms with van der Waals surface area (Å²) in [5.74, 6) is 1.16. The summed E-state index contributed by atoms with van der Waals surface area (Å²) >= 11 is 3.52. The van der Waals surface area contributed by atoms with Crippen LogP contribution >= 0.6 is 15.9 Å². The Kier molecular flexibility index (Phi) is 4.84. The molecule has 1 unspecified atom stereocenters. The van der Waals surface area contributed by atoms with Gasteiger partial charge >= 0.3 is 0 Å². The molecule has 0 radical (unpaired) electrons. The monoisotopic (exact) mass is 363 g/mol. The van der Waals surface area contributed by atoms with Gasteiger partial charge in [-0.05, 0) is 37.5 Å². The largest absolute Gasteiger partial charge is 0.376 e. The van der Waals surface area contributed by atoms with Gasteiger partial charge in [-0.2, -0.15) is 10.1 Å². The van der Waals surface area contributed by atoms with Gasteiger partial charge in [0.05, 0.1) is 12.3 Å². The van der Waals surface area contributed by atoms with E-state index in [0.29, 0.717) is 18.3 Å². The number of hydrogen-bond donors (Lipinski definition) is 2. The van der Waals surface area contributed by atoms with Gasteiger partial charge in [0, 0.05) is 23.3 Å². The lowest BCUT2D eigenvalue weighted by molar-refractivity contribution is 0.120. The molecule has 0 amide bonds. The van der Waals surface area contributed by atoms with E-state index >= 15 is 0 Å². The molecule has 1 aromatic carbocycles. The molecule has 0 saturated carbocycles. The van der Waals surface area contributed by atoms with Crippen LogP contribution < -0.4 is 10.6 Å². The summed E-state index contributed by atoms with van der Waals surface area (Å²) in [5.41, 5.74) is 2.13. The first kappa shape index (κ1) is 15.2. The van der Waals surface area contributed by atoms with Gasteiger partial charge in [0.25, 0.3) is 0 Å². The minimum atomic E-state index is 0.244. The summed E-state index contributed by atoms with van der Waals surface area (Å²) in [6.45, 7) is 3.60. The molecule has 1 fully saturated rings. The Morgan fingerprint density at radius 3 is 3.09 bits per heavy atom. The zero-order valence-corrected chi connectivity index (χ0v) is 13.9. The molecule has 2 N–H and O–H groups in total. The quantitative estimate of drug-likeness (QED) is 0.849. The van der Waals surface area contributed by atoms with Gasteiger partial charge in [-0.25, -0.2) is 0 Å². The third kappa shape index (κ3) is 3.92. The standard InChI is InChI=1S/C15H18BrN5O/c1-10-4-5-11(7-13(10)16)19-14-9-18-21-15(20-14)17-8-12-3-2-6-22-12/h4-5,7,9,12H,2-3,6,8H2,1H3,(H2,17,19,20,21). The SMILES string of the molecule is Cc1ccc(Nc2cnnc(NCC3CCCO3)n2)cc1Br. The molecule has 2 heterocycles. The topological polar surface area (TPSA) is 72.0 Å². The maximum Gasteiger partial charge on any atom is 0.244 e. The molecule has 1 saturated heterocycles. The highest BCUT2D eigenvalue weighted by Gasteiger charge is 2.15. The molecule has 1 aromatic heterocycles. The van der Waals surface area contributed by atoms with Crippen LogP contribution in [0.15, 0.2) is 28.9 Å². The highest BCUT2D eigenvalue weighted by Crippen LogP contribution is 2.22. The first-order chi connectivity index (χ1) is 10.7. The van der Waals surface area contributed by atoms with E-state index in [2.05, 4.69) is 41.7 Å². The van der Waals surface area contributed by atoms with Gasteiger partial charge in [0.2, 0.25) is 5.95 Å². The van der Waals surface area contributed by atoms with Crippen LogP contribution in [0.1, 0.15) is 18.4 Å². The van der Waals surface area contributed by atoms with Crippen LogP contribution in [0, 0.1) is 6.92 Å². The number of hydrogen-bond acceptors (Lipinski definition) is 6. The predicted molar refractivity (Wildman–Crippen MR) is 89.5 cm³/mol. The first-order valence-electron chi connectivity index (χ1n) is 7.29. The summed E-state index contributed by atoms with van der Waals surface area (Å²) in [6.07, 6.45) is 4.05. The Morgan fingerprint density at radius 1 is 1.41 bits per heavy atom. The molecular formula is C15H18BrN5O. The van der Waals surface area contributed by atoms with E-state index in [4.69, 9.17) is 4.74 Å². The van der Waals surface area contributed by atoms with Gasteiger partial charge in [0.1, 0.15) is 0 Å². The maximum absolute atomic E-state index is 5.57. The molecule has 0 aliphatic carbocycles. The Bertz CT molecular complexity index is 646. The van der Waals surface area contributed by atoms with E-state index in [0.717, 1.165) is 29.6 Å². The third-order valence-electron chi connectivity index (χ3n) is 3.51. The Morgan fingerprint density at radius 2 is 2.32 bits per heavy atom. The number of aromatic nitrogens is 3. The Balaban J connectivity index is 1.63. The van der Waals surface area contributed by atoms with Crippen molar-refractivity contribution in [1.82, 2.24) is 15.2 Å². The van der Waals surface area contributed by atoms with Gasteiger partial charge in [-0.1, -0.05) is 22.0 Å². The van der Waals surface area contributed by atoms with Gasteiger partial charge in [0.15, 0.2) is 5.82 Å². The molecule has 3 rings (SSSR count). The second-order valence-electron chi connectivity index (χ2n) is 5.27. The zero-order valence-electron chi connectivity index (χ0n) is 12.3. The normalized spacial score (nSPS) is 17.5. The summed E-state index contributed by atoms with van der Waals surface area (Å²) in [6, 6.07) is 6.05. The zero-order chi connectivity index (χ0) is 15.4. The summed E-state index contributed by atoms with van der Waals surface area (Å²) in [5, 5.41) is 14.4. The molecule has 0 bridgehead atoms. The molecule has 2 aromatic rings. The average Bonchev–Trinajstić information content (AvgIpc) is 3.03. The van der Waals surface area contributed by atoms with Crippen LogP contribution in [0.4, 0.5) is 17.5 Å². The number of aryl methyl sites for hydroxylation is 1. The number of anilines is 3. The van der Waals surface area contributed by atoms with Crippen molar-refractivity contribution in [2.45, 2.75) is 25.9 Å². The van der Waals surface area contributed by atoms with Crippen molar-refractivity contribution in [1.29, 1.82) is 0 Å². The van der Waals surface area contributed by atoms with Crippen LogP contribution in [0.25, 0.3) is 0 Å². The van der Waals surface area contributed by atoms with E-state index in [1.807, 2.05) is 25.1 Å². The van der Waals surface area contributed by atoms with Crippen molar-refractivity contribution in [2.75, 3.05) is 23.8 Å². The van der Waals surface area contributed by atoms with Crippen LogP contribution in [-0.4, -0.2) is 34.4 Å². The second kappa shape index (κ2) is 7.02. The lowest BCUT2D eigenvalue weighted by Gasteiger charge is -2.11. The molecule has 6 nitrogen and oxygen atoms in total. The maximum atomic E-state index is 5.57. The van der Waals surface area contributed by atoms with E-state index in [1.165, 1.54) is 5.56 Å². The number of ether oxygens (including phenoxy) is 1. The number of nitrogens with zero attached hydrogens (tertiary/aromatic N) is 3. The fraction of sp³-hybridized carbons (Fsp3) is 0.400. The molecule has 1 atom stereocenters. The summed E-state index contributed by atoms with van der Waals surface area (Å²) in [7, 11) is 0. The fourth-order valence-electron chi connectivity index (χ4n) is 2.27. The predicted octanol–water partition coefficient (Wildman–Crippen LogP) is 3.28. The molecular weight excluding hydrogens is 346 g/mol. The Hall–Kier alpha value is -1.73. The molecule has 22 heavy (non-hydrogen) atoms. The van der Waals surface area contributed by atoms with Crippen molar-refractivity contribution in [3.05, 3.63) is 34.4 Å². The third-order valence-corrected chi connectivity index (χ3v) is 4.37. The van der Waals surface area contributed by atoms with Crippen LogP contribution in [0.3, 0.4) is 0 Å². The van der Waals surface area contributed by atoms with E-state index in [-0.39, 0.29) is 6.10 Å². The highest BCUT2D eigenvalue weighted by atomic mass is 79.9. The molecule has 0 spiro atoms. The van der Waals surface area contributed by atoms with E-state index in [9.17, 15) is 0 Å². The fourth-order valence-corrected chi connectivity index (χ4v) is 2.65. The number of halogens is 1. The molecule has 116 valence electrons. The van der Waals surface area contributed by atoms with Gasteiger partial charge in [-0.15, -0.1) is 5.10 Å². The number of nitrogens with one attached hydrogen (secondary N) is 2.